The van der Waals surface area contributed by atoms with Gasteiger partial charge in [-0.15, -0.1) is 0 Å². The Morgan fingerprint density at radius 2 is 1.78 bits per heavy atom. The maximum absolute atomic E-state index is 6.23. The molecule has 0 aliphatic heterocycles. The first kappa shape index (κ1) is 15.0. The molecule has 102 valence electrons. The molecule has 0 heterocycles. The monoisotopic (exact) mass is 253 g/mol. The van der Waals surface area contributed by atoms with Crippen LogP contribution in [0.25, 0.3) is 0 Å². The normalized spacial score (nSPS) is 12.8. The van der Waals surface area contributed by atoms with Gasteiger partial charge in [0.1, 0.15) is 5.75 Å². The Balaban J connectivity index is 2.98. The van der Waals surface area contributed by atoms with Crippen molar-refractivity contribution >= 4 is 0 Å². The highest BCUT2D eigenvalue weighted by atomic mass is 16.7. The van der Waals surface area contributed by atoms with Crippen molar-refractivity contribution in [1.29, 1.82) is 0 Å². The van der Waals surface area contributed by atoms with E-state index < -0.39 is 6.29 Å². The van der Waals surface area contributed by atoms with E-state index in [1.807, 2.05) is 39.0 Å². The van der Waals surface area contributed by atoms with E-state index in [-0.39, 0.29) is 6.04 Å². The Hall–Kier alpha value is -1.10. The lowest BCUT2D eigenvalue weighted by Gasteiger charge is -2.25. The molecule has 1 unspecified atom stereocenters. The number of hydrogen-bond donors (Lipinski definition) is 1. The molecule has 4 nitrogen and oxygen atoms in total. The molecule has 0 bridgehead atoms. The Labute approximate surface area is 109 Å². The second kappa shape index (κ2) is 7.36. The molecule has 1 aromatic carbocycles. The fourth-order valence-corrected chi connectivity index (χ4v) is 1.84. The van der Waals surface area contributed by atoms with Crippen LogP contribution in [-0.4, -0.2) is 26.6 Å². The topological polar surface area (TPSA) is 53.7 Å². The van der Waals surface area contributed by atoms with Crippen molar-refractivity contribution in [3.8, 4) is 5.75 Å². The van der Waals surface area contributed by atoms with E-state index in [4.69, 9.17) is 19.9 Å². The Bertz CT molecular complexity index is 362. The van der Waals surface area contributed by atoms with E-state index in [1.165, 1.54) is 0 Å². The summed E-state index contributed by atoms with van der Waals surface area (Å²) in [6.07, 6.45) is -0.448. The van der Waals surface area contributed by atoms with E-state index >= 15 is 0 Å². The molecular formula is C14H23NO3. The van der Waals surface area contributed by atoms with E-state index in [0.29, 0.717) is 13.2 Å². The Kier molecular flexibility index (Phi) is 6.12. The minimum Gasteiger partial charge on any atom is -0.496 e. The highest BCUT2D eigenvalue weighted by Gasteiger charge is 2.23. The lowest BCUT2D eigenvalue weighted by Crippen LogP contribution is -2.32. The Morgan fingerprint density at radius 1 is 1.17 bits per heavy atom. The number of ether oxygens (including phenoxy) is 3. The van der Waals surface area contributed by atoms with E-state index in [2.05, 4.69) is 0 Å². The second-order valence-electron chi connectivity index (χ2n) is 4.05. The lowest BCUT2D eigenvalue weighted by molar-refractivity contribution is -0.149. The zero-order valence-electron chi connectivity index (χ0n) is 11.6. The van der Waals surface area contributed by atoms with Crippen LogP contribution in [-0.2, 0) is 9.47 Å². The fourth-order valence-electron chi connectivity index (χ4n) is 1.84. The molecule has 1 aromatic rings. The van der Waals surface area contributed by atoms with Gasteiger partial charge in [-0.2, -0.15) is 0 Å². The van der Waals surface area contributed by atoms with Gasteiger partial charge in [0.15, 0.2) is 6.29 Å². The van der Waals surface area contributed by atoms with Gasteiger partial charge in [-0.3, -0.25) is 0 Å². The van der Waals surface area contributed by atoms with Crippen molar-refractivity contribution in [2.45, 2.75) is 33.1 Å². The third-order valence-electron chi connectivity index (χ3n) is 2.70. The number of rotatable bonds is 7. The summed E-state index contributed by atoms with van der Waals surface area (Å²) in [7, 11) is 1.64. The predicted octanol–water partition coefficient (Wildman–Crippen LogP) is 2.40. The molecule has 0 aliphatic rings. The SMILES string of the molecule is CCOC(OCC)C(N)c1cc(C)ccc1OC. The second-order valence-corrected chi connectivity index (χ2v) is 4.05. The van der Waals surface area contributed by atoms with E-state index in [0.717, 1.165) is 16.9 Å². The molecule has 0 aliphatic carbocycles. The smallest absolute Gasteiger partial charge is 0.176 e. The first-order valence-electron chi connectivity index (χ1n) is 6.27. The van der Waals surface area contributed by atoms with Crippen LogP contribution < -0.4 is 10.5 Å². The van der Waals surface area contributed by atoms with Gasteiger partial charge in [0.05, 0.1) is 13.2 Å². The number of hydrogen-bond acceptors (Lipinski definition) is 4. The molecule has 0 radical (unpaired) electrons. The van der Waals surface area contributed by atoms with Gasteiger partial charge in [-0.25, -0.2) is 0 Å². The lowest BCUT2D eigenvalue weighted by atomic mass is 10.0. The first-order chi connectivity index (χ1) is 8.63. The zero-order valence-corrected chi connectivity index (χ0v) is 11.6. The predicted molar refractivity (Wildman–Crippen MR) is 71.7 cm³/mol. The van der Waals surface area contributed by atoms with E-state index in [9.17, 15) is 0 Å². The fraction of sp³-hybridized carbons (Fsp3) is 0.571. The van der Waals surface area contributed by atoms with Gasteiger partial charge in [-0.1, -0.05) is 17.7 Å². The van der Waals surface area contributed by atoms with Crippen LogP contribution in [0.15, 0.2) is 18.2 Å². The molecule has 0 aromatic heterocycles. The standard InChI is InChI=1S/C14H23NO3/c1-5-17-14(18-6-2)13(15)11-9-10(3)7-8-12(11)16-4/h7-9,13-14H,5-6,15H2,1-4H3. The third kappa shape index (κ3) is 3.70. The molecule has 1 rings (SSSR count). The number of methoxy groups -OCH3 is 1. The number of nitrogens with two attached hydrogens (primary N) is 1. The largest absolute Gasteiger partial charge is 0.496 e. The van der Waals surface area contributed by atoms with Crippen molar-refractivity contribution in [3.63, 3.8) is 0 Å². The quantitative estimate of drug-likeness (QED) is 0.758. The van der Waals surface area contributed by atoms with Gasteiger partial charge < -0.3 is 19.9 Å². The average Bonchev–Trinajstić information content (AvgIpc) is 2.37. The summed E-state index contributed by atoms with van der Waals surface area (Å²) in [5.41, 5.74) is 8.27. The molecular weight excluding hydrogens is 230 g/mol. The van der Waals surface area contributed by atoms with Gasteiger partial charge in [0.2, 0.25) is 0 Å². The maximum Gasteiger partial charge on any atom is 0.176 e. The summed E-state index contributed by atoms with van der Waals surface area (Å²) < 4.78 is 16.4. The van der Waals surface area contributed by atoms with Crippen LogP contribution in [0.4, 0.5) is 0 Å². The molecule has 0 amide bonds. The Morgan fingerprint density at radius 3 is 2.28 bits per heavy atom. The van der Waals surface area contributed by atoms with Crippen molar-refractivity contribution in [1.82, 2.24) is 0 Å². The molecule has 1 atom stereocenters. The highest BCUT2D eigenvalue weighted by Crippen LogP contribution is 2.28. The van der Waals surface area contributed by atoms with Crippen molar-refractivity contribution < 1.29 is 14.2 Å². The third-order valence-corrected chi connectivity index (χ3v) is 2.70. The van der Waals surface area contributed by atoms with Crippen molar-refractivity contribution in [2.75, 3.05) is 20.3 Å². The summed E-state index contributed by atoms with van der Waals surface area (Å²) in [6, 6.07) is 5.55. The van der Waals surface area contributed by atoms with Gasteiger partial charge in [-0.05, 0) is 26.8 Å². The van der Waals surface area contributed by atoms with Crippen molar-refractivity contribution in [3.05, 3.63) is 29.3 Å². The minimum atomic E-state index is -0.448. The van der Waals surface area contributed by atoms with Crippen LogP contribution in [0.5, 0.6) is 5.75 Å². The summed E-state index contributed by atoms with van der Waals surface area (Å²) in [5, 5.41) is 0. The zero-order chi connectivity index (χ0) is 13.5. The summed E-state index contributed by atoms with van der Waals surface area (Å²) in [5.74, 6) is 0.762. The summed E-state index contributed by atoms with van der Waals surface area (Å²) in [4.78, 5) is 0. The van der Waals surface area contributed by atoms with Gasteiger partial charge in [0, 0.05) is 18.8 Å². The molecule has 0 fully saturated rings. The first-order valence-corrected chi connectivity index (χ1v) is 6.27. The van der Waals surface area contributed by atoms with Crippen LogP contribution in [0.2, 0.25) is 0 Å². The van der Waals surface area contributed by atoms with Gasteiger partial charge >= 0.3 is 0 Å². The average molecular weight is 253 g/mol. The van der Waals surface area contributed by atoms with E-state index in [1.54, 1.807) is 7.11 Å². The van der Waals surface area contributed by atoms with Crippen LogP contribution >= 0.6 is 0 Å². The molecule has 0 saturated carbocycles. The van der Waals surface area contributed by atoms with Crippen LogP contribution in [0.3, 0.4) is 0 Å². The highest BCUT2D eigenvalue weighted by molar-refractivity contribution is 5.39. The van der Waals surface area contributed by atoms with Crippen LogP contribution in [0.1, 0.15) is 31.0 Å². The molecule has 4 heteroatoms. The molecule has 0 spiro atoms. The summed E-state index contributed by atoms with van der Waals surface area (Å²) >= 11 is 0. The molecule has 0 saturated heterocycles. The number of benzene rings is 1. The van der Waals surface area contributed by atoms with Crippen LogP contribution in [0, 0.1) is 6.92 Å². The number of aryl methyl sites for hydroxylation is 1. The maximum atomic E-state index is 6.23. The molecule has 18 heavy (non-hydrogen) atoms. The molecule has 2 N–H and O–H groups in total. The van der Waals surface area contributed by atoms with Gasteiger partial charge in [0.25, 0.3) is 0 Å². The minimum absolute atomic E-state index is 0.361. The van der Waals surface area contributed by atoms with Crippen molar-refractivity contribution in [2.24, 2.45) is 5.73 Å². The summed E-state index contributed by atoms with van der Waals surface area (Å²) in [6.45, 7) is 6.99.